The minimum atomic E-state index is 0.896. The van der Waals surface area contributed by atoms with Crippen LogP contribution in [-0.2, 0) is 0 Å². The lowest BCUT2D eigenvalue weighted by Crippen LogP contribution is -2.42. The van der Waals surface area contributed by atoms with Gasteiger partial charge in [-0.05, 0) is 51.6 Å². The molecule has 57 valence electrons. The predicted octanol–water partition coefficient (Wildman–Crippen LogP) is 1.69. The van der Waals surface area contributed by atoms with Crippen molar-refractivity contribution < 1.29 is 0 Å². The lowest BCUT2D eigenvalue weighted by Gasteiger charge is -2.40. The highest BCUT2D eigenvalue weighted by molar-refractivity contribution is 4.91. The molecule has 1 saturated carbocycles. The Labute approximate surface area is 63.4 Å². The Morgan fingerprint density at radius 3 is 3.10 bits per heavy atom. The second kappa shape index (κ2) is 2.54. The third-order valence-corrected chi connectivity index (χ3v) is 3.06. The molecule has 0 aromatic rings. The normalized spacial score (nSPS) is 41.7. The SMILES string of the molecule is CN1CCC2C[CH]CC1C2. The number of likely N-dealkylation sites (tertiary alicyclic amines) is 1. The molecule has 1 radical (unpaired) electrons. The lowest BCUT2D eigenvalue weighted by atomic mass is 9.80. The van der Waals surface area contributed by atoms with E-state index in [9.17, 15) is 0 Å². The van der Waals surface area contributed by atoms with Crippen molar-refractivity contribution >= 4 is 0 Å². The first-order chi connectivity index (χ1) is 4.86. The van der Waals surface area contributed by atoms with E-state index in [1.54, 1.807) is 0 Å². The maximum Gasteiger partial charge on any atom is 0.00976 e. The summed E-state index contributed by atoms with van der Waals surface area (Å²) < 4.78 is 0. The Morgan fingerprint density at radius 1 is 1.40 bits per heavy atom. The molecule has 0 aromatic heterocycles. The number of hydrogen-bond acceptors (Lipinski definition) is 1. The molecule has 2 rings (SSSR count). The van der Waals surface area contributed by atoms with Gasteiger partial charge in [-0.15, -0.1) is 0 Å². The van der Waals surface area contributed by atoms with Crippen molar-refractivity contribution in [1.29, 1.82) is 0 Å². The molecule has 1 heterocycles. The molecule has 2 bridgehead atoms. The van der Waals surface area contributed by atoms with E-state index in [2.05, 4.69) is 18.4 Å². The molecular formula is C9H16N. The molecule has 2 atom stereocenters. The number of rotatable bonds is 0. The van der Waals surface area contributed by atoms with Crippen LogP contribution in [0.4, 0.5) is 0 Å². The number of hydrogen-bond donors (Lipinski definition) is 0. The van der Waals surface area contributed by atoms with E-state index in [-0.39, 0.29) is 0 Å². The van der Waals surface area contributed by atoms with Crippen molar-refractivity contribution in [2.24, 2.45) is 5.92 Å². The molecule has 1 saturated heterocycles. The third-order valence-electron chi connectivity index (χ3n) is 3.06. The van der Waals surface area contributed by atoms with Gasteiger partial charge in [0, 0.05) is 6.04 Å². The second-order valence-corrected chi connectivity index (χ2v) is 3.78. The van der Waals surface area contributed by atoms with Crippen LogP contribution in [0.15, 0.2) is 0 Å². The van der Waals surface area contributed by atoms with Gasteiger partial charge in [0.2, 0.25) is 0 Å². The van der Waals surface area contributed by atoms with E-state index in [1.165, 1.54) is 32.2 Å². The quantitative estimate of drug-likeness (QED) is 0.492. The van der Waals surface area contributed by atoms with Gasteiger partial charge < -0.3 is 4.90 Å². The number of piperidine rings is 1. The van der Waals surface area contributed by atoms with Gasteiger partial charge in [0.05, 0.1) is 0 Å². The van der Waals surface area contributed by atoms with Gasteiger partial charge in [0.15, 0.2) is 0 Å². The zero-order valence-electron chi connectivity index (χ0n) is 6.71. The van der Waals surface area contributed by atoms with Crippen LogP contribution in [0.2, 0.25) is 0 Å². The van der Waals surface area contributed by atoms with E-state index in [4.69, 9.17) is 0 Å². The molecule has 1 aliphatic carbocycles. The fourth-order valence-electron chi connectivity index (χ4n) is 2.27. The van der Waals surface area contributed by atoms with Gasteiger partial charge in [-0.3, -0.25) is 0 Å². The van der Waals surface area contributed by atoms with E-state index in [1.807, 2.05) is 0 Å². The molecule has 2 aliphatic rings. The van der Waals surface area contributed by atoms with E-state index < -0.39 is 0 Å². The summed E-state index contributed by atoms with van der Waals surface area (Å²) in [6.07, 6.45) is 8.11. The van der Waals surface area contributed by atoms with Crippen LogP contribution in [0.1, 0.15) is 25.7 Å². The maximum atomic E-state index is 2.52. The van der Waals surface area contributed by atoms with Crippen LogP contribution >= 0.6 is 0 Å². The van der Waals surface area contributed by atoms with Crippen LogP contribution in [0.3, 0.4) is 0 Å². The summed E-state index contributed by atoms with van der Waals surface area (Å²) in [7, 11) is 2.26. The van der Waals surface area contributed by atoms with Gasteiger partial charge in [-0.2, -0.15) is 0 Å². The summed E-state index contributed by atoms with van der Waals surface area (Å²) in [5, 5.41) is 0. The fourth-order valence-corrected chi connectivity index (χ4v) is 2.27. The highest BCUT2D eigenvalue weighted by Crippen LogP contribution is 2.32. The van der Waals surface area contributed by atoms with E-state index in [0.29, 0.717) is 0 Å². The lowest BCUT2D eigenvalue weighted by molar-refractivity contribution is 0.118. The zero-order chi connectivity index (χ0) is 6.97. The smallest absolute Gasteiger partial charge is 0.00976 e. The van der Waals surface area contributed by atoms with Crippen molar-refractivity contribution in [1.82, 2.24) is 4.90 Å². The van der Waals surface area contributed by atoms with Gasteiger partial charge in [-0.1, -0.05) is 0 Å². The zero-order valence-corrected chi connectivity index (χ0v) is 6.71. The molecule has 1 aliphatic heterocycles. The summed E-state index contributed by atoms with van der Waals surface area (Å²) in [5.74, 6) is 1.04. The van der Waals surface area contributed by atoms with Crippen molar-refractivity contribution in [3.05, 3.63) is 6.42 Å². The highest BCUT2D eigenvalue weighted by atomic mass is 15.1. The Kier molecular flexibility index (Phi) is 1.69. The molecule has 0 amide bonds. The molecule has 0 N–H and O–H groups in total. The van der Waals surface area contributed by atoms with Crippen molar-refractivity contribution in [2.45, 2.75) is 31.7 Å². The summed E-state index contributed by atoms with van der Waals surface area (Å²) in [4.78, 5) is 2.52. The molecule has 1 nitrogen and oxygen atoms in total. The first-order valence-electron chi connectivity index (χ1n) is 4.38. The van der Waals surface area contributed by atoms with Crippen molar-refractivity contribution in [3.63, 3.8) is 0 Å². The Bertz CT molecular complexity index is 120. The van der Waals surface area contributed by atoms with Crippen LogP contribution in [0, 0.1) is 12.3 Å². The largest absolute Gasteiger partial charge is 0.303 e. The first kappa shape index (κ1) is 6.66. The van der Waals surface area contributed by atoms with Gasteiger partial charge in [0.25, 0.3) is 0 Å². The Balaban J connectivity index is 2.00. The summed E-state index contributed by atoms with van der Waals surface area (Å²) in [5.41, 5.74) is 0. The van der Waals surface area contributed by atoms with Crippen LogP contribution in [0.25, 0.3) is 0 Å². The summed E-state index contributed by atoms with van der Waals surface area (Å²) >= 11 is 0. The molecule has 1 heteroatoms. The van der Waals surface area contributed by atoms with E-state index in [0.717, 1.165) is 12.0 Å². The summed E-state index contributed by atoms with van der Waals surface area (Å²) in [6.45, 7) is 1.34. The number of fused-ring (bicyclic) bond motifs is 2. The average molecular weight is 138 g/mol. The topological polar surface area (TPSA) is 3.24 Å². The monoisotopic (exact) mass is 138 g/mol. The third kappa shape index (κ3) is 1.07. The van der Waals surface area contributed by atoms with Crippen molar-refractivity contribution in [2.75, 3.05) is 13.6 Å². The van der Waals surface area contributed by atoms with E-state index >= 15 is 0 Å². The highest BCUT2D eigenvalue weighted by Gasteiger charge is 2.29. The average Bonchev–Trinajstić information content (AvgIpc) is 1.99. The standard InChI is InChI=1S/C9H16N/c1-10-6-5-8-3-2-4-9(10)7-8/h2,8-9H,3-7H2,1H3. The molecule has 2 fully saturated rings. The van der Waals surface area contributed by atoms with Crippen LogP contribution in [0.5, 0.6) is 0 Å². The van der Waals surface area contributed by atoms with Gasteiger partial charge >= 0.3 is 0 Å². The van der Waals surface area contributed by atoms with Gasteiger partial charge in [0.1, 0.15) is 0 Å². The molecule has 10 heavy (non-hydrogen) atoms. The van der Waals surface area contributed by atoms with Crippen molar-refractivity contribution in [3.8, 4) is 0 Å². The number of nitrogens with zero attached hydrogens (tertiary/aromatic N) is 1. The Morgan fingerprint density at radius 2 is 2.30 bits per heavy atom. The predicted molar refractivity (Wildman–Crippen MR) is 42.7 cm³/mol. The molecule has 0 spiro atoms. The van der Waals surface area contributed by atoms with Crippen LogP contribution < -0.4 is 0 Å². The van der Waals surface area contributed by atoms with Crippen LogP contribution in [-0.4, -0.2) is 24.5 Å². The fraction of sp³-hybridized carbons (Fsp3) is 0.889. The summed E-state index contributed by atoms with van der Waals surface area (Å²) in [6, 6.07) is 0.896. The first-order valence-corrected chi connectivity index (χ1v) is 4.38. The Hall–Kier alpha value is -0.0400. The minimum Gasteiger partial charge on any atom is -0.303 e. The maximum absolute atomic E-state index is 2.52. The van der Waals surface area contributed by atoms with Gasteiger partial charge in [-0.25, -0.2) is 0 Å². The molecular weight excluding hydrogens is 122 g/mol. The molecule has 2 unspecified atom stereocenters. The minimum absolute atomic E-state index is 0.896. The second-order valence-electron chi connectivity index (χ2n) is 3.78. The molecule has 0 aromatic carbocycles.